The molecule has 0 aliphatic carbocycles. The number of hydrogen-bond donors (Lipinski definition) is 4. The highest BCUT2D eigenvalue weighted by atomic mass is 19.3. The number of carboxylic acids is 1. The Morgan fingerprint density at radius 3 is 2.47 bits per heavy atom. The maximum absolute atomic E-state index is 12.9. The summed E-state index contributed by atoms with van der Waals surface area (Å²) in [6, 6.07) is 3.40. The molecule has 0 aromatic heterocycles. The minimum absolute atomic E-state index is 0.0619. The molecule has 0 bridgehead atoms. The molecular formula is C11H14BF2NO4. The number of carboxylic acid groups (broad SMARTS) is 1. The number of carbonyl (C=O) groups is 1. The van der Waals surface area contributed by atoms with E-state index in [1.54, 1.807) is 0 Å². The first kappa shape index (κ1) is 15.6. The lowest BCUT2D eigenvalue weighted by molar-refractivity contribution is -0.142. The third kappa shape index (κ3) is 3.73. The first-order valence-electron chi connectivity index (χ1n) is 5.44. The third-order valence-corrected chi connectivity index (χ3v) is 2.75. The molecule has 8 heteroatoms. The van der Waals surface area contributed by atoms with E-state index in [-0.39, 0.29) is 17.4 Å². The van der Waals surface area contributed by atoms with E-state index in [1.807, 2.05) is 0 Å². The summed E-state index contributed by atoms with van der Waals surface area (Å²) in [6.07, 6.45) is -3.15. The van der Waals surface area contributed by atoms with Crippen molar-refractivity contribution in [2.75, 3.05) is 0 Å². The molecule has 0 saturated heterocycles. The zero-order valence-corrected chi connectivity index (χ0v) is 10.2. The first-order valence-corrected chi connectivity index (χ1v) is 5.44. The minimum Gasteiger partial charge on any atom is -0.480 e. The fourth-order valence-corrected chi connectivity index (χ4v) is 1.61. The molecule has 0 saturated carbocycles. The zero-order valence-electron chi connectivity index (χ0n) is 10.2. The van der Waals surface area contributed by atoms with Gasteiger partial charge in [0.05, 0.1) is 0 Å². The summed E-state index contributed by atoms with van der Waals surface area (Å²) in [5.41, 5.74) is 3.35. The van der Waals surface area contributed by atoms with Crippen molar-refractivity contribution in [3.8, 4) is 0 Å². The van der Waals surface area contributed by atoms with Gasteiger partial charge >= 0.3 is 13.1 Å². The van der Waals surface area contributed by atoms with Crippen LogP contribution in [0, 0.1) is 0 Å². The van der Waals surface area contributed by atoms with Crippen molar-refractivity contribution < 1.29 is 28.7 Å². The van der Waals surface area contributed by atoms with E-state index in [1.165, 1.54) is 19.1 Å². The lowest BCUT2D eigenvalue weighted by Crippen LogP contribution is -2.47. The van der Waals surface area contributed by atoms with Gasteiger partial charge in [0.15, 0.2) is 0 Å². The van der Waals surface area contributed by atoms with E-state index in [0.29, 0.717) is 0 Å². The highest BCUT2D eigenvalue weighted by Gasteiger charge is 2.30. The summed E-state index contributed by atoms with van der Waals surface area (Å²) in [7, 11) is -1.87. The molecule has 0 amide bonds. The standard InChI is InChI=1S/C11H14BF2NO4/c1-11(15,10(16)17)5-6-2-3-7(12(18)19)4-8(6)9(13)14/h2-4,9,18-19H,5,15H2,1H3,(H,16,17)/t11-/m1/s1. The number of benzene rings is 1. The Labute approximate surface area is 108 Å². The van der Waals surface area contributed by atoms with Crippen LogP contribution in [-0.4, -0.2) is 33.8 Å². The molecule has 0 fully saturated rings. The van der Waals surface area contributed by atoms with E-state index < -0.39 is 30.6 Å². The van der Waals surface area contributed by atoms with Crippen LogP contribution in [-0.2, 0) is 11.2 Å². The number of aliphatic carboxylic acids is 1. The second-order valence-corrected chi connectivity index (χ2v) is 4.53. The van der Waals surface area contributed by atoms with E-state index in [2.05, 4.69) is 0 Å². The number of halogens is 2. The Bertz CT molecular complexity index is 480. The largest absolute Gasteiger partial charge is 0.488 e. The van der Waals surface area contributed by atoms with Crippen molar-refractivity contribution >= 4 is 18.6 Å². The molecule has 0 aliphatic heterocycles. The van der Waals surface area contributed by atoms with Crippen molar-refractivity contribution in [3.05, 3.63) is 29.3 Å². The van der Waals surface area contributed by atoms with E-state index in [0.717, 1.165) is 6.07 Å². The molecule has 0 unspecified atom stereocenters. The fraction of sp³-hybridized carbons (Fsp3) is 0.364. The van der Waals surface area contributed by atoms with Crippen LogP contribution in [0.1, 0.15) is 24.5 Å². The Morgan fingerprint density at radius 1 is 1.47 bits per heavy atom. The lowest BCUT2D eigenvalue weighted by Gasteiger charge is -2.21. The van der Waals surface area contributed by atoms with Gasteiger partial charge in [0.1, 0.15) is 5.54 Å². The van der Waals surface area contributed by atoms with Gasteiger partial charge in [-0.3, -0.25) is 4.79 Å². The van der Waals surface area contributed by atoms with Crippen LogP contribution in [0.2, 0.25) is 0 Å². The van der Waals surface area contributed by atoms with Crippen molar-refractivity contribution in [2.24, 2.45) is 5.73 Å². The second-order valence-electron chi connectivity index (χ2n) is 4.53. The van der Waals surface area contributed by atoms with Crippen LogP contribution in [0.25, 0.3) is 0 Å². The predicted molar refractivity (Wildman–Crippen MR) is 65.2 cm³/mol. The van der Waals surface area contributed by atoms with Crippen molar-refractivity contribution in [1.82, 2.24) is 0 Å². The van der Waals surface area contributed by atoms with Gasteiger partial charge < -0.3 is 20.9 Å². The molecule has 5 nitrogen and oxygen atoms in total. The minimum atomic E-state index is -2.86. The molecular weight excluding hydrogens is 259 g/mol. The van der Waals surface area contributed by atoms with Crippen molar-refractivity contribution in [3.63, 3.8) is 0 Å². The molecule has 0 heterocycles. The van der Waals surface area contributed by atoms with Gasteiger partial charge in [-0.1, -0.05) is 18.2 Å². The highest BCUT2D eigenvalue weighted by molar-refractivity contribution is 6.58. The highest BCUT2D eigenvalue weighted by Crippen LogP contribution is 2.24. The molecule has 0 radical (unpaired) electrons. The molecule has 0 aliphatic rings. The van der Waals surface area contributed by atoms with Gasteiger partial charge in [-0.2, -0.15) is 0 Å². The number of rotatable bonds is 5. The Morgan fingerprint density at radius 2 is 2.05 bits per heavy atom. The summed E-state index contributed by atoms with van der Waals surface area (Å²) >= 11 is 0. The maximum Gasteiger partial charge on any atom is 0.488 e. The Kier molecular flexibility index (Phi) is 4.62. The average Bonchev–Trinajstić information content (AvgIpc) is 2.28. The second kappa shape index (κ2) is 5.64. The fourth-order valence-electron chi connectivity index (χ4n) is 1.61. The quantitative estimate of drug-likeness (QED) is 0.549. The van der Waals surface area contributed by atoms with Gasteiger partial charge in [-0.05, 0) is 17.9 Å². The SMILES string of the molecule is C[C@@](N)(Cc1ccc(B(O)O)cc1C(F)F)C(=O)O. The average molecular weight is 273 g/mol. The molecule has 1 atom stereocenters. The smallest absolute Gasteiger partial charge is 0.480 e. The Balaban J connectivity index is 3.18. The van der Waals surface area contributed by atoms with Crippen LogP contribution in [0.3, 0.4) is 0 Å². The topological polar surface area (TPSA) is 104 Å². The van der Waals surface area contributed by atoms with E-state index in [4.69, 9.17) is 20.9 Å². The zero-order chi connectivity index (χ0) is 14.8. The summed E-state index contributed by atoms with van der Waals surface area (Å²) in [5, 5.41) is 26.7. The van der Waals surface area contributed by atoms with E-state index >= 15 is 0 Å². The van der Waals surface area contributed by atoms with E-state index in [9.17, 15) is 13.6 Å². The van der Waals surface area contributed by atoms with Crippen LogP contribution >= 0.6 is 0 Å². The monoisotopic (exact) mass is 273 g/mol. The first-order chi connectivity index (χ1) is 8.65. The molecule has 0 spiro atoms. The summed E-state index contributed by atoms with van der Waals surface area (Å²) in [6.45, 7) is 1.22. The third-order valence-electron chi connectivity index (χ3n) is 2.75. The molecule has 5 N–H and O–H groups in total. The number of nitrogens with two attached hydrogens (primary N) is 1. The van der Waals surface area contributed by atoms with Crippen LogP contribution in [0.5, 0.6) is 0 Å². The molecule has 1 aromatic carbocycles. The normalized spacial score (nSPS) is 14.3. The van der Waals surface area contributed by atoms with Crippen LogP contribution in [0.4, 0.5) is 8.78 Å². The predicted octanol–water partition coefficient (Wildman–Crippen LogP) is -0.351. The van der Waals surface area contributed by atoms with Crippen molar-refractivity contribution in [1.29, 1.82) is 0 Å². The van der Waals surface area contributed by atoms with Gasteiger partial charge in [0.2, 0.25) is 0 Å². The van der Waals surface area contributed by atoms with Crippen molar-refractivity contribution in [2.45, 2.75) is 25.3 Å². The summed E-state index contributed by atoms with van der Waals surface area (Å²) in [5.74, 6) is -1.31. The molecule has 19 heavy (non-hydrogen) atoms. The number of alkyl halides is 2. The summed E-state index contributed by atoms with van der Waals surface area (Å²) < 4.78 is 25.8. The Hall–Kier alpha value is -1.51. The van der Waals surface area contributed by atoms with Gasteiger partial charge in [0.25, 0.3) is 6.43 Å². The summed E-state index contributed by atoms with van der Waals surface area (Å²) in [4.78, 5) is 10.9. The van der Waals surface area contributed by atoms with Crippen LogP contribution in [0.15, 0.2) is 18.2 Å². The maximum atomic E-state index is 12.9. The molecule has 104 valence electrons. The van der Waals surface area contributed by atoms with Crippen LogP contribution < -0.4 is 11.2 Å². The number of hydrogen-bond acceptors (Lipinski definition) is 4. The molecule has 1 aromatic rings. The van der Waals surface area contributed by atoms with Gasteiger partial charge in [-0.25, -0.2) is 8.78 Å². The lowest BCUT2D eigenvalue weighted by atomic mass is 9.78. The van der Waals surface area contributed by atoms with Gasteiger partial charge in [-0.15, -0.1) is 0 Å². The van der Waals surface area contributed by atoms with Gasteiger partial charge in [0, 0.05) is 12.0 Å². The molecule has 1 rings (SSSR count).